The third kappa shape index (κ3) is 2.94. The van der Waals surface area contributed by atoms with Crippen molar-refractivity contribution >= 4 is 11.7 Å². The molecule has 0 aromatic carbocycles. The van der Waals surface area contributed by atoms with Crippen LogP contribution in [-0.4, -0.2) is 34.8 Å². The molecule has 5 nitrogen and oxygen atoms in total. The maximum atomic E-state index is 11.9. The Morgan fingerprint density at radius 3 is 2.59 bits per heavy atom. The van der Waals surface area contributed by atoms with E-state index in [4.69, 9.17) is 0 Å². The van der Waals surface area contributed by atoms with Crippen LogP contribution in [0.5, 0.6) is 0 Å². The molecular formula is C12H17N3O2. The zero-order valence-electron chi connectivity index (χ0n) is 9.95. The van der Waals surface area contributed by atoms with Crippen molar-refractivity contribution in [2.75, 3.05) is 13.1 Å². The number of H-pyrrole nitrogens is 1. The number of hydrogen-bond donors (Lipinski definition) is 2. The summed E-state index contributed by atoms with van der Waals surface area (Å²) in [5.74, 6) is -0.224. The van der Waals surface area contributed by atoms with Crippen LogP contribution in [0.4, 0.5) is 0 Å². The Labute approximate surface area is 100 Å². The highest BCUT2D eigenvalue weighted by atomic mass is 16.2. The predicted molar refractivity (Wildman–Crippen MR) is 63.7 cm³/mol. The first-order chi connectivity index (χ1) is 8.16. The molecule has 1 amide bonds. The molecule has 0 atom stereocenters. The van der Waals surface area contributed by atoms with Gasteiger partial charge in [0.1, 0.15) is 5.69 Å². The van der Waals surface area contributed by atoms with E-state index in [1.165, 1.54) is 13.3 Å². The van der Waals surface area contributed by atoms with Crippen molar-refractivity contribution in [3.63, 3.8) is 0 Å². The minimum Gasteiger partial charge on any atom is -0.356 e. The number of carbonyl (C=O) groups is 2. The highest BCUT2D eigenvalue weighted by molar-refractivity contribution is 5.98. The lowest BCUT2D eigenvalue weighted by atomic mass is 10.2. The fourth-order valence-corrected chi connectivity index (χ4v) is 1.94. The van der Waals surface area contributed by atoms with Gasteiger partial charge < -0.3 is 4.98 Å². The van der Waals surface area contributed by atoms with Crippen LogP contribution in [0.3, 0.4) is 0 Å². The van der Waals surface area contributed by atoms with Crippen molar-refractivity contribution in [3.8, 4) is 0 Å². The summed E-state index contributed by atoms with van der Waals surface area (Å²) in [7, 11) is 0. The first kappa shape index (κ1) is 11.9. The summed E-state index contributed by atoms with van der Waals surface area (Å²) in [6.45, 7) is 3.27. The zero-order chi connectivity index (χ0) is 12.3. The van der Waals surface area contributed by atoms with Crippen molar-refractivity contribution < 1.29 is 9.59 Å². The largest absolute Gasteiger partial charge is 0.356 e. The van der Waals surface area contributed by atoms with Gasteiger partial charge in [-0.1, -0.05) is 6.42 Å². The smallest absolute Gasteiger partial charge is 0.281 e. The number of Topliss-reactive ketones (excluding diaryl/α,β-unsaturated/α-hetero) is 1. The molecule has 0 aliphatic carbocycles. The van der Waals surface area contributed by atoms with E-state index >= 15 is 0 Å². The second-order valence-corrected chi connectivity index (χ2v) is 4.35. The van der Waals surface area contributed by atoms with Crippen LogP contribution in [0.2, 0.25) is 0 Å². The average molecular weight is 235 g/mol. The van der Waals surface area contributed by atoms with Gasteiger partial charge in [-0.2, -0.15) is 0 Å². The summed E-state index contributed by atoms with van der Waals surface area (Å²) < 4.78 is 0. The standard InChI is InChI=1S/C12H17N3O2/c1-9(16)10-7-11(13-8-10)12(17)14-15-5-3-2-4-6-15/h7-8,13H,2-6H2,1H3,(H,14,17). The lowest BCUT2D eigenvalue weighted by molar-refractivity contribution is 0.0745. The minimum atomic E-state index is -0.181. The Morgan fingerprint density at radius 2 is 2.00 bits per heavy atom. The monoisotopic (exact) mass is 235 g/mol. The second kappa shape index (κ2) is 5.14. The molecule has 0 bridgehead atoms. The van der Waals surface area contributed by atoms with Crippen molar-refractivity contribution in [2.45, 2.75) is 26.2 Å². The first-order valence-corrected chi connectivity index (χ1v) is 5.92. The number of nitrogens with one attached hydrogen (secondary N) is 2. The van der Waals surface area contributed by atoms with Crippen LogP contribution in [0.25, 0.3) is 0 Å². The van der Waals surface area contributed by atoms with Gasteiger partial charge in [-0.05, 0) is 25.8 Å². The summed E-state index contributed by atoms with van der Waals surface area (Å²) in [6, 6.07) is 1.58. The topological polar surface area (TPSA) is 65.2 Å². The van der Waals surface area contributed by atoms with Gasteiger partial charge in [-0.3, -0.25) is 15.0 Å². The molecule has 92 valence electrons. The Morgan fingerprint density at radius 1 is 1.29 bits per heavy atom. The van der Waals surface area contributed by atoms with E-state index in [-0.39, 0.29) is 11.7 Å². The molecule has 1 aliphatic heterocycles. The van der Waals surface area contributed by atoms with Crippen LogP contribution in [0.15, 0.2) is 12.3 Å². The molecule has 2 N–H and O–H groups in total. The lowest BCUT2D eigenvalue weighted by Crippen LogP contribution is -2.45. The fraction of sp³-hybridized carbons (Fsp3) is 0.500. The van der Waals surface area contributed by atoms with Gasteiger partial charge in [0.2, 0.25) is 0 Å². The number of ketones is 1. The molecule has 5 heteroatoms. The number of aromatic nitrogens is 1. The van der Waals surface area contributed by atoms with Crippen LogP contribution in [0, 0.1) is 0 Å². The zero-order valence-corrected chi connectivity index (χ0v) is 9.95. The van der Waals surface area contributed by atoms with Crippen LogP contribution < -0.4 is 5.43 Å². The quantitative estimate of drug-likeness (QED) is 0.777. The van der Waals surface area contributed by atoms with Gasteiger partial charge >= 0.3 is 0 Å². The SMILES string of the molecule is CC(=O)c1c[nH]c(C(=O)NN2CCCCC2)c1. The van der Waals surface area contributed by atoms with Crippen molar-refractivity contribution in [3.05, 3.63) is 23.5 Å². The maximum Gasteiger partial charge on any atom is 0.281 e. The molecule has 17 heavy (non-hydrogen) atoms. The Hall–Kier alpha value is -1.62. The van der Waals surface area contributed by atoms with Gasteiger partial charge in [-0.15, -0.1) is 0 Å². The number of nitrogens with zero attached hydrogens (tertiary/aromatic N) is 1. The number of carbonyl (C=O) groups excluding carboxylic acids is 2. The van der Waals surface area contributed by atoms with E-state index in [9.17, 15) is 9.59 Å². The molecule has 1 fully saturated rings. The van der Waals surface area contributed by atoms with E-state index in [1.54, 1.807) is 12.3 Å². The molecule has 2 rings (SSSR count). The van der Waals surface area contributed by atoms with Gasteiger partial charge in [0.25, 0.3) is 5.91 Å². The van der Waals surface area contributed by atoms with Crippen LogP contribution >= 0.6 is 0 Å². The number of rotatable bonds is 3. The molecule has 0 spiro atoms. The Balaban J connectivity index is 1.96. The number of aromatic amines is 1. The summed E-state index contributed by atoms with van der Waals surface area (Å²) in [5.41, 5.74) is 3.81. The Kier molecular flexibility index (Phi) is 3.58. The number of piperidine rings is 1. The third-order valence-electron chi connectivity index (χ3n) is 2.95. The average Bonchev–Trinajstić information content (AvgIpc) is 2.79. The third-order valence-corrected chi connectivity index (χ3v) is 2.95. The van der Waals surface area contributed by atoms with Crippen molar-refractivity contribution in [2.24, 2.45) is 0 Å². The maximum absolute atomic E-state index is 11.9. The Bertz CT molecular complexity index is 419. The fourth-order valence-electron chi connectivity index (χ4n) is 1.94. The summed E-state index contributed by atoms with van der Waals surface area (Å²) in [5, 5.41) is 1.93. The van der Waals surface area contributed by atoms with Gasteiger partial charge in [0, 0.05) is 24.8 Å². The van der Waals surface area contributed by atoms with Gasteiger partial charge in [0.15, 0.2) is 5.78 Å². The first-order valence-electron chi connectivity index (χ1n) is 5.92. The van der Waals surface area contributed by atoms with Crippen LogP contribution in [-0.2, 0) is 0 Å². The normalized spacial score (nSPS) is 16.8. The van der Waals surface area contributed by atoms with Gasteiger partial charge in [0.05, 0.1) is 0 Å². The highest BCUT2D eigenvalue weighted by Gasteiger charge is 2.15. The minimum absolute atomic E-state index is 0.0433. The number of hydrazine groups is 1. The van der Waals surface area contributed by atoms with Crippen LogP contribution in [0.1, 0.15) is 47.0 Å². The molecule has 1 aromatic heterocycles. The molecule has 1 aromatic rings. The van der Waals surface area contributed by atoms with Gasteiger partial charge in [-0.25, -0.2) is 5.01 Å². The summed E-state index contributed by atoms with van der Waals surface area (Å²) in [6.07, 6.45) is 5.02. The molecule has 1 saturated heterocycles. The number of hydrogen-bond acceptors (Lipinski definition) is 3. The van der Waals surface area contributed by atoms with E-state index in [0.29, 0.717) is 11.3 Å². The predicted octanol–water partition coefficient (Wildman–Crippen LogP) is 1.35. The molecule has 0 radical (unpaired) electrons. The van der Waals surface area contributed by atoms with E-state index in [1.807, 2.05) is 5.01 Å². The molecule has 0 saturated carbocycles. The van der Waals surface area contributed by atoms with Crippen molar-refractivity contribution in [1.82, 2.24) is 15.4 Å². The molecular weight excluding hydrogens is 218 g/mol. The second-order valence-electron chi connectivity index (χ2n) is 4.35. The van der Waals surface area contributed by atoms with Crippen molar-refractivity contribution in [1.29, 1.82) is 0 Å². The molecule has 2 heterocycles. The van der Waals surface area contributed by atoms with E-state index in [0.717, 1.165) is 25.9 Å². The van der Waals surface area contributed by atoms with E-state index in [2.05, 4.69) is 10.4 Å². The van der Waals surface area contributed by atoms with E-state index < -0.39 is 0 Å². The molecule has 1 aliphatic rings. The summed E-state index contributed by atoms with van der Waals surface area (Å²) in [4.78, 5) is 25.8. The summed E-state index contributed by atoms with van der Waals surface area (Å²) >= 11 is 0. The number of amides is 1. The lowest BCUT2D eigenvalue weighted by Gasteiger charge is -2.26. The molecule has 0 unspecified atom stereocenters. The highest BCUT2D eigenvalue weighted by Crippen LogP contribution is 2.08.